The van der Waals surface area contributed by atoms with E-state index in [9.17, 15) is 20.2 Å². The molecule has 12 heteroatoms. The summed E-state index contributed by atoms with van der Waals surface area (Å²) in [5, 5.41) is 25.0. The van der Waals surface area contributed by atoms with Crippen LogP contribution in [0.2, 0.25) is 0 Å². The van der Waals surface area contributed by atoms with E-state index in [0.29, 0.717) is 11.1 Å². The molecular weight excluding hydrogens is 588 g/mol. The zero-order valence-electron chi connectivity index (χ0n) is 24.9. The van der Waals surface area contributed by atoms with Gasteiger partial charge in [-0.05, 0) is 48.7 Å². The molecule has 1 amide bonds. The van der Waals surface area contributed by atoms with Crippen LogP contribution in [0.3, 0.4) is 0 Å². The fourth-order valence-corrected chi connectivity index (χ4v) is 4.63. The molecule has 1 aromatic heterocycles. The number of carbonyl (C=O) groups excluding carboxylic acids is 1. The molecule has 5 rings (SSSR count). The SMILES string of the molecule is Cc1ccc(Oc2nc(NCc3ccccc3)c([N+](=O)[O-])c(Oc3cc(C#N)ccc3OCc3ccccc3)n2)c(C)c1C(N)=O. The fraction of sp³-hybridized carbons (Fsp3) is 0.118. The Morgan fingerprint density at radius 2 is 1.59 bits per heavy atom. The fourth-order valence-electron chi connectivity index (χ4n) is 4.63. The summed E-state index contributed by atoms with van der Waals surface area (Å²) in [6.07, 6.45) is 0. The number of rotatable bonds is 12. The molecule has 0 spiro atoms. The smallest absolute Gasteiger partial charge is 0.373 e. The standard InChI is InChI=1S/C34H28N6O6/c1-21-13-15-26(22(2)29(21)31(36)41)46-34-38-32(37-19-23-9-5-3-6-10-23)30(40(42)43)33(39-34)45-28-17-25(18-35)14-16-27(28)44-20-24-11-7-4-8-12-24/h3-17H,19-20H2,1-2H3,(H2,36,41)(H,37,38,39). The minimum atomic E-state index is -0.673. The van der Waals surface area contributed by atoms with Gasteiger partial charge in [-0.2, -0.15) is 15.2 Å². The second-order valence-electron chi connectivity index (χ2n) is 10.1. The number of aromatic nitrogens is 2. The first-order chi connectivity index (χ1) is 22.2. The number of hydrogen-bond acceptors (Lipinski definition) is 10. The Kier molecular flexibility index (Phi) is 9.34. The summed E-state index contributed by atoms with van der Waals surface area (Å²) in [7, 11) is 0. The third-order valence-electron chi connectivity index (χ3n) is 6.90. The molecule has 0 aliphatic rings. The van der Waals surface area contributed by atoms with Crippen molar-refractivity contribution in [1.29, 1.82) is 5.26 Å². The number of anilines is 1. The number of ether oxygens (including phenoxy) is 3. The first-order valence-electron chi connectivity index (χ1n) is 14.0. The maximum Gasteiger partial charge on any atom is 0.373 e. The van der Waals surface area contributed by atoms with E-state index in [-0.39, 0.29) is 53.4 Å². The first kappa shape index (κ1) is 31.0. The Bertz CT molecular complexity index is 1940. The molecule has 5 aromatic rings. The Balaban J connectivity index is 1.59. The van der Waals surface area contributed by atoms with Gasteiger partial charge < -0.3 is 25.3 Å². The van der Waals surface area contributed by atoms with Gasteiger partial charge in [0.1, 0.15) is 12.4 Å². The van der Waals surface area contributed by atoms with E-state index in [1.54, 1.807) is 32.0 Å². The summed E-state index contributed by atoms with van der Waals surface area (Å²) >= 11 is 0. The van der Waals surface area contributed by atoms with Gasteiger partial charge in [0.2, 0.25) is 11.7 Å². The quantitative estimate of drug-likeness (QED) is 0.113. The summed E-state index contributed by atoms with van der Waals surface area (Å²) in [4.78, 5) is 32.5. The molecule has 3 N–H and O–H groups in total. The Labute approximate surface area is 264 Å². The van der Waals surface area contributed by atoms with Crippen molar-refractivity contribution >= 4 is 17.4 Å². The minimum Gasteiger partial charge on any atom is -0.485 e. The summed E-state index contributed by atoms with van der Waals surface area (Å²) in [5.74, 6) is -0.842. The van der Waals surface area contributed by atoms with Gasteiger partial charge in [0.05, 0.1) is 16.6 Å². The van der Waals surface area contributed by atoms with E-state index < -0.39 is 22.4 Å². The molecule has 0 aliphatic heterocycles. The molecule has 0 atom stereocenters. The number of nitriles is 1. The number of aryl methyl sites for hydroxylation is 1. The molecular formula is C34H28N6O6. The third kappa shape index (κ3) is 7.17. The second-order valence-corrected chi connectivity index (χ2v) is 10.1. The molecule has 12 nitrogen and oxygen atoms in total. The summed E-state index contributed by atoms with van der Waals surface area (Å²) in [6.45, 7) is 3.75. The molecule has 230 valence electrons. The number of benzene rings is 4. The first-order valence-corrected chi connectivity index (χ1v) is 14.0. The lowest BCUT2D eigenvalue weighted by Gasteiger charge is -2.16. The highest BCUT2D eigenvalue weighted by atomic mass is 16.6. The van der Waals surface area contributed by atoms with E-state index in [4.69, 9.17) is 19.9 Å². The number of carbonyl (C=O) groups is 1. The number of amides is 1. The van der Waals surface area contributed by atoms with Gasteiger partial charge in [-0.15, -0.1) is 0 Å². The van der Waals surface area contributed by atoms with Crippen molar-refractivity contribution in [2.24, 2.45) is 5.73 Å². The Hall–Kier alpha value is -6.48. The van der Waals surface area contributed by atoms with Gasteiger partial charge in [0, 0.05) is 23.7 Å². The molecule has 0 unspecified atom stereocenters. The number of nitrogens with zero attached hydrogens (tertiary/aromatic N) is 4. The van der Waals surface area contributed by atoms with Gasteiger partial charge >= 0.3 is 17.6 Å². The zero-order valence-corrected chi connectivity index (χ0v) is 24.9. The summed E-state index contributed by atoms with van der Waals surface area (Å²) in [5.41, 5.74) is 8.32. The lowest BCUT2D eigenvalue weighted by atomic mass is 10.0. The number of nitrogens with one attached hydrogen (secondary N) is 1. The van der Waals surface area contributed by atoms with Crippen molar-refractivity contribution in [2.75, 3.05) is 5.32 Å². The molecule has 0 aliphatic carbocycles. The molecule has 0 saturated heterocycles. The lowest BCUT2D eigenvalue weighted by Crippen LogP contribution is -2.15. The number of nitrogens with two attached hydrogens (primary N) is 1. The summed E-state index contributed by atoms with van der Waals surface area (Å²) < 4.78 is 18.0. The monoisotopic (exact) mass is 616 g/mol. The van der Waals surface area contributed by atoms with E-state index in [1.807, 2.05) is 66.7 Å². The molecule has 1 heterocycles. The molecule has 0 radical (unpaired) electrons. The van der Waals surface area contributed by atoms with Crippen molar-refractivity contribution < 1.29 is 23.9 Å². The second kappa shape index (κ2) is 13.9. The molecule has 46 heavy (non-hydrogen) atoms. The van der Waals surface area contributed by atoms with Gasteiger partial charge in [0.25, 0.3) is 0 Å². The van der Waals surface area contributed by atoms with E-state index >= 15 is 0 Å². The van der Waals surface area contributed by atoms with Crippen LogP contribution in [0.25, 0.3) is 0 Å². The predicted molar refractivity (Wildman–Crippen MR) is 169 cm³/mol. The van der Waals surface area contributed by atoms with E-state index in [1.165, 1.54) is 12.1 Å². The van der Waals surface area contributed by atoms with Gasteiger partial charge in [0.15, 0.2) is 11.5 Å². The maximum atomic E-state index is 12.5. The van der Waals surface area contributed by atoms with Crippen molar-refractivity contribution in [3.05, 3.63) is 134 Å². The van der Waals surface area contributed by atoms with Crippen LogP contribution in [0.5, 0.6) is 29.1 Å². The van der Waals surface area contributed by atoms with Crippen molar-refractivity contribution in [1.82, 2.24) is 9.97 Å². The average Bonchev–Trinajstić information content (AvgIpc) is 3.05. The van der Waals surface area contributed by atoms with Crippen LogP contribution in [-0.2, 0) is 13.2 Å². The van der Waals surface area contributed by atoms with Crippen LogP contribution < -0.4 is 25.3 Å². The van der Waals surface area contributed by atoms with Crippen LogP contribution >= 0.6 is 0 Å². The maximum absolute atomic E-state index is 12.5. The number of hydrogen-bond donors (Lipinski definition) is 2. The van der Waals surface area contributed by atoms with Gasteiger partial charge in [-0.1, -0.05) is 66.7 Å². The van der Waals surface area contributed by atoms with Gasteiger partial charge in [-0.25, -0.2) is 0 Å². The predicted octanol–water partition coefficient (Wildman–Crippen LogP) is 6.75. The third-order valence-corrected chi connectivity index (χ3v) is 6.90. The van der Waals surface area contributed by atoms with E-state index in [2.05, 4.69) is 15.3 Å². The molecule has 4 aromatic carbocycles. The molecule has 0 saturated carbocycles. The topological polar surface area (TPSA) is 176 Å². The van der Waals surface area contributed by atoms with Gasteiger partial charge in [-0.3, -0.25) is 14.9 Å². The highest BCUT2D eigenvalue weighted by molar-refractivity contribution is 5.96. The van der Waals surface area contributed by atoms with E-state index in [0.717, 1.165) is 11.1 Å². The largest absolute Gasteiger partial charge is 0.485 e. The molecule has 0 fully saturated rings. The normalized spacial score (nSPS) is 10.5. The summed E-state index contributed by atoms with van der Waals surface area (Å²) in [6, 6.07) is 28.1. The van der Waals surface area contributed by atoms with Crippen molar-refractivity contribution in [2.45, 2.75) is 27.0 Å². The van der Waals surface area contributed by atoms with Crippen LogP contribution in [0.1, 0.15) is 38.2 Å². The van der Waals surface area contributed by atoms with Crippen LogP contribution in [0, 0.1) is 35.3 Å². The Morgan fingerprint density at radius 1 is 0.913 bits per heavy atom. The highest BCUT2D eigenvalue weighted by Gasteiger charge is 2.29. The van der Waals surface area contributed by atoms with Crippen molar-refractivity contribution in [3.8, 4) is 35.2 Å². The number of primary amides is 1. The average molecular weight is 617 g/mol. The minimum absolute atomic E-state index is 0.0132. The van der Waals surface area contributed by atoms with Crippen molar-refractivity contribution in [3.63, 3.8) is 0 Å². The lowest BCUT2D eigenvalue weighted by molar-refractivity contribution is -0.385. The van der Waals surface area contributed by atoms with Crippen LogP contribution in [0.4, 0.5) is 11.5 Å². The van der Waals surface area contributed by atoms with Crippen LogP contribution in [-0.4, -0.2) is 20.8 Å². The molecule has 0 bridgehead atoms. The zero-order chi connectivity index (χ0) is 32.6. The highest BCUT2D eigenvalue weighted by Crippen LogP contribution is 2.41. The van der Waals surface area contributed by atoms with Crippen LogP contribution in [0.15, 0.2) is 91.0 Å². The Morgan fingerprint density at radius 3 is 2.24 bits per heavy atom. The number of nitro groups is 1.